The van der Waals surface area contributed by atoms with E-state index >= 15 is 0 Å². The molecule has 0 saturated heterocycles. The molecular weight excluding hydrogens is 351 g/mol. The number of aryl methyl sites for hydroxylation is 1. The second-order valence-electron chi connectivity index (χ2n) is 6.66. The van der Waals surface area contributed by atoms with Gasteiger partial charge in [0, 0.05) is 0 Å². The zero-order valence-electron chi connectivity index (χ0n) is 14.7. The van der Waals surface area contributed by atoms with Gasteiger partial charge in [0.2, 0.25) is 5.91 Å². The number of carboxylic acids is 1. The summed E-state index contributed by atoms with van der Waals surface area (Å²) in [5.74, 6) is -1.81. The number of aliphatic carboxylic acids is 1. The first-order valence-corrected chi connectivity index (χ1v) is 8.35. The van der Waals surface area contributed by atoms with Gasteiger partial charge in [-0.15, -0.1) is 0 Å². The van der Waals surface area contributed by atoms with Gasteiger partial charge in [-0.2, -0.15) is 13.2 Å². The molecule has 144 valence electrons. The maximum absolute atomic E-state index is 12.9. The van der Waals surface area contributed by atoms with Gasteiger partial charge in [0.25, 0.3) is 0 Å². The highest BCUT2D eigenvalue weighted by atomic mass is 19.4. The van der Waals surface area contributed by atoms with Crippen LogP contribution in [0.1, 0.15) is 43.2 Å². The molecular formula is C18H22F3NO4. The minimum Gasteiger partial charge on any atom is -0.496 e. The smallest absolute Gasteiger partial charge is 0.391 e. The second-order valence-corrected chi connectivity index (χ2v) is 6.66. The van der Waals surface area contributed by atoms with E-state index in [-0.39, 0.29) is 0 Å². The number of rotatable bonds is 6. The normalized spacial score (nSPS) is 17.6. The number of benzene rings is 1. The lowest BCUT2D eigenvalue weighted by molar-refractivity contribution is -0.160. The van der Waals surface area contributed by atoms with Crippen LogP contribution < -0.4 is 10.1 Å². The Morgan fingerprint density at radius 1 is 1.31 bits per heavy atom. The van der Waals surface area contributed by atoms with E-state index in [4.69, 9.17) is 9.84 Å². The van der Waals surface area contributed by atoms with Crippen molar-refractivity contribution in [1.29, 1.82) is 0 Å². The molecule has 8 heteroatoms. The van der Waals surface area contributed by atoms with Gasteiger partial charge in [-0.1, -0.05) is 25.0 Å². The van der Waals surface area contributed by atoms with Crippen LogP contribution in [0.5, 0.6) is 5.75 Å². The third kappa shape index (κ3) is 4.28. The molecule has 2 rings (SSSR count). The van der Waals surface area contributed by atoms with Crippen molar-refractivity contribution in [2.24, 2.45) is 0 Å². The minimum atomic E-state index is -4.69. The number of hydrogen-bond acceptors (Lipinski definition) is 3. The molecule has 5 nitrogen and oxygen atoms in total. The molecule has 1 atom stereocenters. The first kappa shape index (κ1) is 20.1. The molecule has 1 saturated carbocycles. The Labute approximate surface area is 149 Å². The maximum Gasteiger partial charge on any atom is 0.391 e. The minimum absolute atomic E-state index is 0.448. The standard InChI is InChI=1S/C18H22F3NO4/c1-11-5-6-12(9-14(11)26-2)17(7-3-4-8-17)16(25)22-13(15(23)24)10-18(19,20)21/h5-6,9,13H,3-4,7-8,10H2,1-2H3,(H,22,25)(H,23,24). The molecule has 0 bridgehead atoms. The second kappa shape index (κ2) is 7.55. The number of amides is 1. The molecule has 0 heterocycles. The summed E-state index contributed by atoms with van der Waals surface area (Å²) in [5.41, 5.74) is 0.455. The summed E-state index contributed by atoms with van der Waals surface area (Å²) in [5, 5.41) is 11.2. The molecule has 2 N–H and O–H groups in total. The number of alkyl halides is 3. The fraction of sp³-hybridized carbons (Fsp3) is 0.556. The molecule has 1 unspecified atom stereocenters. The number of halogens is 3. The quantitative estimate of drug-likeness (QED) is 0.802. The Balaban J connectivity index is 2.33. The zero-order chi connectivity index (χ0) is 19.5. The topological polar surface area (TPSA) is 75.6 Å². The Morgan fingerprint density at radius 3 is 2.42 bits per heavy atom. The van der Waals surface area contributed by atoms with Gasteiger partial charge >= 0.3 is 12.1 Å². The average molecular weight is 373 g/mol. The van der Waals surface area contributed by atoms with Crippen LogP contribution in [-0.2, 0) is 15.0 Å². The van der Waals surface area contributed by atoms with Crippen LogP contribution in [0.3, 0.4) is 0 Å². The van der Waals surface area contributed by atoms with Crippen LogP contribution in [0.25, 0.3) is 0 Å². The van der Waals surface area contributed by atoms with Crippen molar-refractivity contribution in [2.75, 3.05) is 7.11 Å². The number of ether oxygens (including phenoxy) is 1. The molecule has 1 aromatic rings. The highest BCUT2D eigenvalue weighted by Crippen LogP contribution is 2.43. The van der Waals surface area contributed by atoms with Crippen molar-refractivity contribution >= 4 is 11.9 Å². The number of carbonyl (C=O) groups is 2. The summed E-state index contributed by atoms with van der Waals surface area (Å²) in [6, 6.07) is 3.24. The summed E-state index contributed by atoms with van der Waals surface area (Å²) in [6.45, 7) is 1.84. The van der Waals surface area contributed by atoms with E-state index < -0.39 is 35.9 Å². The predicted octanol–water partition coefficient (Wildman–Crippen LogP) is 3.34. The van der Waals surface area contributed by atoms with Crippen molar-refractivity contribution in [3.05, 3.63) is 29.3 Å². The van der Waals surface area contributed by atoms with Crippen molar-refractivity contribution in [2.45, 2.75) is 56.7 Å². The van der Waals surface area contributed by atoms with E-state index in [2.05, 4.69) is 5.32 Å². The fourth-order valence-corrected chi connectivity index (χ4v) is 3.47. The van der Waals surface area contributed by atoms with Gasteiger partial charge in [-0.3, -0.25) is 4.79 Å². The van der Waals surface area contributed by atoms with Crippen LogP contribution in [0, 0.1) is 6.92 Å². The van der Waals surface area contributed by atoms with Crippen LogP contribution in [-0.4, -0.2) is 36.3 Å². The van der Waals surface area contributed by atoms with Crippen molar-refractivity contribution < 1.29 is 32.6 Å². The summed E-state index contributed by atoms with van der Waals surface area (Å²) >= 11 is 0. The first-order chi connectivity index (χ1) is 12.1. The number of carboxylic acid groups (broad SMARTS) is 1. The predicted molar refractivity (Wildman–Crippen MR) is 88.1 cm³/mol. The average Bonchev–Trinajstić information content (AvgIpc) is 3.04. The molecule has 0 aromatic heterocycles. The van der Waals surface area contributed by atoms with E-state index in [1.807, 2.05) is 6.92 Å². The van der Waals surface area contributed by atoms with Crippen LogP contribution in [0.15, 0.2) is 18.2 Å². The number of hydrogen-bond donors (Lipinski definition) is 2. The van der Waals surface area contributed by atoms with Gasteiger partial charge in [0.05, 0.1) is 18.9 Å². The Morgan fingerprint density at radius 2 is 1.92 bits per heavy atom. The summed E-state index contributed by atoms with van der Waals surface area (Å²) < 4.78 is 43.2. The Bertz CT molecular complexity index is 682. The molecule has 1 aliphatic rings. The molecule has 0 aliphatic heterocycles. The lowest BCUT2D eigenvalue weighted by atomic mass is 9.77. The lowest BCUT2D eigenvalue weighted by Gasteiger charge is -2.30. The monoisotopic (exact) mass is 373 g/mol. The summed E-state index contributed by atoms with van der Waals surface area (Å²) in [6.07, 6.45) is -3.93. The summed E-state index contributed by atoms with van der Waals surface area (Å²) in [4.78, 5) is 24.0. The van der Waals surface area contributed by atoms with E-state index in [0.717, 1.165) is 18.4 Å². The van der Waals surface area contributed by atoms with E-state index in [0.29, 0.717) is 24.2 Å². The molecule has 1 aromatic carbocycles. The maximum atomic E-state index is 12.9. The number of carbonyl (C=O) groups excluding carboxylic acids is 1. The highest BCUT2D eigenvalue weighted by Gasteiger charge is 2.45. The number of nitrogens with one attached hydrogen (secondary N) is 1. The van der Waals surface area contributed by atoms with Gasteiger partial charge in [-0.25, -0.2) is 4.79 Å². The van der Waals surface area contributed by atoms with Crippen molar-refractivity contribution in [1.82, 2.24) is 5.32 Å². The SMILES string of the molecule is COc1cc(C2(C(=O)NC(CC(F)(F)F)C(=O)O)CCCC2)ccc1C. The Hall–Kier alpha value is -2.25. The lowest BCUT2D eigenvalue weighted by Crippen LogP contribution is -2.51. The third-order valence-electron chi connectivity index (χ3n) is 4.89. The van der Waals surface area contributed by atoms with Crippen LogP contribution in [0.2, 0.25) is 0 Å². The van der Waals surface area contributed by atoms with E-state index in [9.17, 15) is 22.8 Å². The van der Waals surface area contributed by atoms with Gasteiger partial charge in [0.1, 0.15) is 11.8 Å². The van der Waals surface area contributed by atoms with Crippen LogP contribution >= 0.6 is 0 Å². The van der Waals surface area contributed by atoms with Gasteiger partial charge in [0.15, 0.2) is 0 Å². The largest absolute Gasteiger partial charge is 0.496 e. The number of methoxy groups -OCH3 is 1. The zero-order valence-corrected chi connectivity index (χ0v) is 14.7. The molecule has 0 spiro atoms. The molecule has 1 amide bonds. The molecule has 1 aliphatic carbocycles. The van der Waals surface area contributed by atoms with Gasteiger partial charge in [-0.05, 0) is 37.0 Å². The first-order valence-electron chi connectivity index (χ1n) is 8.35. The summed E-state index contributed by atoms with van der Waals surface area (Å²) in [7, 11) is 1.50. The third-order valence-corrected chi connectivity index (χ3v) is 4.89. The van der Waals surface area contributed by atoms with Crippen LogP contribution in [0.4, 0.5) is 13.2 Å². The van der Waals surface area contributed by atoms with Gasteiger partial charge < -0.3 is 15.2 Å². The van der Waals surface area contributed by atoms with E-state index in [1.54, 1.807) is 18.2 Å². The molecule has 26 heavy (non-hydrogen) atoms. The van der Waals surface area contributed by atoms with E-state index in [1.165, 1.54) is 7.11 Å². The highest BCUT2D eigenvalue weighted by molar-refractivity contribution is 5.92. The van der Waals surface area contributed by atoms with Crippen molar-refractivity contribution in [3.8, 4) is 5.75 Å². The molecule has 0 radical (unpaired) electrons. The van der Waals surface area contributed by atoms with Crippen molar-refractivity contribution in [3.63, 3.8) is 0 Å². The Kier molecular flexibility index (Phi) is 5.83. The molecule has 1 fully saturated rings. The fourth-order valence-electron chi connectivity index (χ4n) is 3.47.